The van der Waals surface area contributed by atoms with Crippen LogP contribution in [0.25, 0.3) is 11.0 Å². The fourth-order valence-corrected chi connectivity index (χ4v) is 5.50. The molecule has 0 bridgehead atoms. The van der Waals surface area contributed by atoms with Crippen molar-refractivity contribution >= 4 is 21.1 Å². The molecule has 27 heavy (non-hydrogen) atoms. The SMILES string of the molecule is Cc1cc2nccnc2cc1C1CCN(S(=O)(=O)c2cnn(C)c2C)CC1. The largest absolute Gasteiger partial charge is 0.272 e. The molecular weight excluding hydrogens is 362 g/mol. The maximum absolute atomic E-state index is 13.0. The predicted molar refractivity (Wildman–Crippen MR) is 103 cm³/mol. The molecule has 1 aromatic carbocycles. The van der Waals surface area contributed by atoms with Gasteiger partial charge in [0.05, 0.1) is 22.9 Å². The minimum Gasteiger partial charge on any atom is -0.272 e. The number of benzene rings is 1. The topological polar surface area (TPSA) is 81.0 Å². The molecule has 3 aromatic rings. The van der Waals surface area contributed by atoms with Crippen LogP contribution in [0.4, 0.5) is 0 Å². The van der Waals surface area contributed by atoms with Crippen LogP contribution in [-0.2, 0) is 17.1 Å². The molecule has 0 amide bonds. The second kappa shape index (κ2) is 6.69. The average Bonchev–Trinajstić information content (AvgIpc) is 3.01. The van der Waals surface area contributed by atoms with Crippen molar-refractivity contribution < 1.29 is 8.42 Å². The molecule has 8 heteroatoms. The summed E-state index contributed by atoms with van der Waals surface area (Å²) in [7, 11) is -1.74. The monoisotopic (exact) mass is 385 g/mol. The summed E-state index contributed by atoms with van der Waals surface area (Å²) < 4.78 is 29.1. The molecule has 1 aliphatic heterocycles. The van der Waals surface area contributed by atoms with Crippen molar-refractivity contribution in [2.75, 3.05) is 13.1 Å². The van der Waals surface area contributed by atoms with Gasteiger partial charge in [-0.1, -0.05) is 0 Å². The molecule has 0 N–H and O–H groups in total. The second-order valence-electron chi connectivity index (χ2n) is 7.15. The van der Waals surface area contributed by atoms with Crippen molar-refractivity contribution in [3.8, 4) is 0 Å². The maximum Gasteiger partial charge on any atom is 0.246 e. The van der Waals surface area contributed by atoms with Crippen molar-refractivity contribution in [1.29, 1.82) is 0 Å². The Morgan fingerprint density at radius 3 is 2.26 bits per heavy atom. The van der Waals surface area contributed by atoms with Crippen molar-refractivity contribution in [2.45, 2.75) is 37.5 Å². The zero-order valence-corrected chi connectivity index (χ0v) is 16.6. The van der Waals surface area contributed by atoms with E-state index in [1.165, 1.54) is 17.3 Å². The fourth-order valence-electron chi connectivity index (χ4n) is 3.85. The first kappa shape index (κ1) is 18.1. The van der Waals surface area contributed by atoms with Crippen molar-refractivity contribution in [2.24, 2.45) is 7.05 Å². The molecule has 0 aliphatic carbocycles. The summed E-state index contributed by atoms with van der Waals surface area (Å²) >= 11 is 0. The summed E-state index contributed by atoms with van der Waals surface area (Å²) in [5.74, 6) is 0.331. The number of sulfonamides is 1. The van der Waals surface area contributed by atoms with Gasteiger partial charge in [0.15, 0.2) is 0 Å². The lowest BCUT2D eigenvalue weighted by Crippen LogP contribution is -2.38. The summed E-state index contributed by atoms with van der Waals surface area (Å²) in [5, 5.41) is 4.08. The molecule has 1 saturated heterocycles. The van der Waals surface area contributed by atoms with Gasteiger partial charge in [-0.25, -0.2) is 8.42 Å². The van der Waals surface area contributed by atoms with E-state index >= 15 is 0 Å². The Morgan fingerprint density at radius 1 is 1.04 bits per heavy atom. The van der Waals surface area contributed by atoms with E-state index in [2.05, 4.69) is 34.1 Å². The molecule has 1 fully saturated rings. The van der Waals surface area contributed by atoms with E-state index in [9.17, 15) is 8.42 Å². The molecule has 1 aliphatic rings. The molecule has 0 spiro atoms. The van der Waals surface area contributed by atoms with E-state index < -0.39 is 10.0 Å². The zero-order valence-electron chi connectivity index (χ0n) is 15.8. The molecule has 0 radical (unpaired) electrons. The van der Waals surface area contributed by atoms with Crippen LogP contribution in [0.5, 0.6) is 0 Å². The quantitative estimate of drug-likeness (QED) is 0.692. The van der Waals surface area contributed by atoms with Gasteiger partial charge in [-0.3, -0.25) is 14.6 Å². The van der Waals surface area contributed by atoms with Crippen LogP contribution in [0.1, 0.15) is 35.6 Å². The Hall–Kier alpha value is -2.32. The number of aryl methyl sites for hydroxylation is 2. The van der Waals surface area contributed by atoms with Crippen molar-refractivity contribution in [3.05, 3.63) is 47.5 Å². The average molecular weight is 385 g/mol. The number of aromatic nitrogens is 4. The first-order chi connectivity index (χ1) is 12.9. The third-order valence-corrected chi connectivity index (χ3v) is 7.56. The predicted octanol–water partition coefficient (Wildman–Crippen LogP) is 2.55. The molecule has 0 unspecified atom stereocenters. The van der Waals surface area contributed by atoms with Gasteiger partial charge in [-0.05, 0) is 55.9 Å². The number of hydrogen-bond acceptors (Lipinski definition) is 5. The number of rotatable bonds is 3. The number of fused-ring (bicyclic) bond motifs is 1. The van der Waals surface area contributed by atoms with E-state index in [1.807, 2.05) is 0 Å². The minimum absolute atomic E-state index is 0.306. The summed E-state index contributed by atoms with van der Waals surface area (Å²) in [6.07, 6.45) is 6.44. The Labute approximate surface area is 159 Å². The molecule has 142 valence electrons. The molecule has 4 rings (SSSR count). The Bertz CT molecular complexity index is 1100. The highest BCUT2D eigenvalue weighted by molar-refractivity contribution is 7.89. The van der Waals surface area contributed by atoms with E-state index in [-0.39, 0.29) is 0 Å². The van der Waals surface area contributed by atoms with E-state index in [0.29, 0.717) is 29.6 Å². The standard InChI is InChI=1S/C19H23N5O2S/c1-13-10-17-18(21-7-6-20-17)11-16(13)15-4-8-24(9-5-15)27(25,26)19-12-22-23(3)14(19)2/h6-7,10-12,15H,4-5,8-9H2,1-3H3. The summed E-state index contributed by atoms with van der Waals surface area (Å²) in [4.78, 5) is 9.07. The molecular formula is C19H23N5O2S. The number of nitrogens with zero attached hydrogens (tertiary/aromatic N) is 5. The van der Waals surface area contributed by atoms with Crippen LogP contribution >= 0.6 is 0 Å². The lowest BCUT2D eigenvalue weighted by molar-refractivity contribution is 0.319. The minimum atomic E-state index is -3.49. The first-order valence-corrected chi connectivity index (χ1v) is 10.5. The van der Waals surface area contributed by atoms with Gasteiger partial charge in [-0.15, -0.1) is 0 Å². The van der Waals surface area contributed by atoms with Gasteiger partial charge in [0.2, 0.25) is 10.0 Å². The summed E-state index contributed by atoms with van der Waals surface area (Å²) in [6.45, 7) is 4.90. The van der Waals surface area contributed by atoms with Gasteiger partial charge < -0.3 is 0 Å². The fraction of sp³-hybridized carbons (Fsp3) is 0.421. The Morgan fingerprint density at radius 2 is 1.67 bits per heavy atom. The third kappa shape index (κ3) is 3.12. The molecule has 2 aromatic heterocycles. The highest BCUT2D eigenvalue weighted by atomic mass is 32.2. The van der Waals surface area contributed by atoms with Crippen LogP contribution < -0.4 is 0 Å². The van der Waals surface area contributed by atoms with Crippen LogP contribution in [0, 0.1) is 13.8 Å². The van der Waals surface area contributed by atoms with Gasteiger partial charge in [-0.2, -0.15) is 9.40 Å². The zero-order chi connectivity index (χ0) is 19.2. The Kier molecular flexibility index (Phi) is 4.47. The lowest BCUT2D eigenvalue weighted by Gasteiger charge is -2.32. The van der Waals surface area contributed by atoms with E-state index in [0.717, 1.165) is 23.9 Å². The van der Waals surface area contributed by atoms with Crippen molar-refractivity contribution in [3.63, 3.8) is 0 Å². The Balaban J connectivity index is 1.56. The van der Waals surface area contributed by atoms with Crippen LogP contribution in [0.15, 0.2) is 35.6 Å². The van der Waals surface area contributed by atoms with E-state index in [4.69, 9.17) is 0 Å². The molecule has 0 atom stereocenters. The van der Waals surface area contributed by atoms with Crippen molar-refractivity contribution in [1.82, 2.24) is 24.1 Å². The highest BCUT2D eigenvalue weighted by Crippen LogP contribution is 2.34. The van der Waals surface area contributed by atoms with Crippen LogP contribution in [-0.4, -0.2) is 45.6 Å². The molecule has 3 heterocycles. The number of hydrogen-bond donors (Lipinski definition) is 0. The van der Waals surface area contributed by atoms with Gasteiger partial charge in [0.1, 0.15) is 4.90 Å². The number of piperidine rings is 1. The van der Waals surface area contributed by atoms with Crippen LogP contribution in [0.2, 0.25) is 0 Å². The van der Waals surface area contributed by atoms with Gasteiger partial charge in [0.25, 0.3) is 0 Å². The second-order valence-corrected chi connectivity index (χ2v) is 9.06. The highest BCUT2D eigenvalue weighted by Gasteiger charge is 2.32. The maximum atomic E-state index is 13.0. The molecule has 7 nitrogen and oxygen atoms in total. The normalized spacial score (nSPS) is 16.9. The van der Waals surface area contributed by atoms with Crippen LogP contribution in [0.3, 0.4) is 0 Å². The van der Waals surface area contributed by atoms with Gasteiger partial charge in [0, 0.05) is 32.5 Å². The van der Waals surface area contributed by atoms with Gasteiger partial charge >= 0.3 is 0 Å². The lowest BCUT2D eigenvalue weighted by atomic mass is 9.87. The third-order valence-electron chi connectivity index (χ3n) is 5.56. The van der Waals surface area contributed by atoms with E-state index in [1.54, 1.807) is 35.4 Å². The summed E-state index contributed by atoms with van der Waals surface area (Å²) in [5.41, 5.74) is 4.89. The molecule has 0 saturated carbocycles. The summed E-state index contributed by atoms with van der Waals surface area (Å²) in [6, 6.07) is 4.18. The first-order valence-electron chi connectivity index (χ1n) is 9.08. The smallest absolute Gasteiger partial charge is 0.246 e.